The highest BCUT2D eigenvalue weighted by molar-refractivity contribution is 6.00. The topological polar surface area (TPSA) is 95.5 Å². The van der Waals surface area contributed by atoms with E-state index in [1.54, 1.807) is 7.05 Å². The average Bonchev–Trinajstić information content (AvgIpc) is 3.24. The third-order valence-corrected chi connectivity index (χ3v) is 7.00. The van der Waals surface area contributed by atoms with Crippen LogP contribution in [0.4, 0.5) is 4.79 Å². The number of aromatic nitrogens is 2. The number of fused-ring (bicyclic) bond motifs is 1. The van der Waals surface area contributed by atoms with Gasteiger partial charge in [-0.05, 0) is 51.2 Å². The maximum absolute atomic E-state index is 13.2. The second-order valence-electron chi connectivity index (χ2n) is 10.7. The number of benzene rings is 2. The van der Waals surface area contributed by atoms with Crippen LogP contribution < -0.4 is 16.6 Å². The third kappa shape index (κ3) is 4.26. The molecule has 4 aromatic rings. The zero-order valence-corrected chi connectivity index (χ0v) is 21.8. The first-order valence-corrected chi connectivity index (χ1v) is 12.4. The normalized spacial score (nSPS) is 14.8. The average molecular weight is 502 g/mol. The van der Waals surface area contributed by atoms with Crippen LogP contribution >= 0.6 is 0 Å². The number of hydrogen-bond acceptors (Lipinski definition) is 5. The van der Waals surface area contributed by atoms with E-state index in [-0.39, 0.29) is 5.71 Å². The van der Waals surface area contributed by atoms with E-state index in [0.717, 1.165) is 40.5 Å². The number of amides is 1. The highest BCUT2D eigenvalue weighted by Gasteiger charge is 2.41. The van der Waals surface area contributed by atoms with Crippen molar-refractivity contribution < 1.29 is 13.9 Å². The largest absolute Gasteiger partial charge is 0.444 e. The van der Waals surface area contributed by atoms with Crippen molar-refractivity contribution in [3.05, 3.63) is 81.0 Å². The molecule has 0 bridgehead atoms. The summed E-state index contributed by atoms with van der Waals surface area (Å²) in [6.07, 6.45) is 2.22. The minimum Gasteiger partial charge on any atom is -0.444 e. The second-order valence-corrected chi connectivity index (χ2v) is 10.7. The molecule has 2 heterocycles. The predicted molar refractivity (Wildman–Crippen MR) is 142 cm³/mol. The number of hydrogen-bond donors (Lipinski definition) is 1. The number of nitrogens with zero attached hydrogens (tertiary/aromatic N) is 2. The summed E-state index contributed by atoms with van der Waals surface area (Å²) in [7, 11) is 3.06. The number of aryl methyl sites for hydroxylation is 1. The Morgan fingerprint density at radius 1 is 0.946 bits per heavy atom. The fraction of sp³-hybridized carbons (Fsp3) is 0.345. The van der Waals surface area contributed by atoms with E-state index in [4.69, 9.17) is 9.15 Å². The van der Waals surface area contributed by atoms with Crippen LogP contribution in [0.15, 0.2) is 68.6 Å². The highest BCUT2D eigenvalue weighted by Crippen LogP contribution is 2.43. The van der Waals surface area contributed by atoms with E-state index in [1.165, 1.54) is 11.6 Å². The molecule has 1 amide bonds. The zero-order valence-electron chi connectivity index (χ0n) is 21.8. The predicted octanol–water partition coefficient (Wildman–Crippen LogP) is 5.07. The molecule has 2 aromatic carbocycles. The van der Waals surface area contributed by atoms with Crippen molar-refractivity contribution >= 4 is 17.2 Å². The second kappa shape index (κ2) is 8.80. The monoisotopic (exact) mass is 501 g/mol. The quantitative estimate of drug-likeness (QED) is 0.421. The zero-order chi connectivity index (χ0) is 26.5. The standard InChI is InChI=1S/C29H31N3O5/c1-28(2,3)37-26(34)30-29(16-9-17-29)20-14-12-19(13-15-20)23-21(18-10-7-6-8-11-18)22-24(33)31(4)27(35)32(5)25(22)36-23/h6-8,10-15H,9,16-17H2,1-5H3,(H,30,34). The molecular weight excluding hydrogens is 470 g/mol. The molecule has 1 fully saturated rings. The van der Waals surface area contributed by atoms with Crippen molar-refractivity contribution in [2.24, 2.45) is 14.1 Å². The number of carbonyl (C=O) groups is 1. The van der Waals surface area contributed by atoms with Crippen LogP contribution in [0.1, 0.15) is 45.6 Å². The summed E-state index contributed by atoms with van der Waals surface area (Å²) in [5, 5.41) is 3.44. The van der Waals surface area contributed by atoms with Gasteiger partial charge in [-0.25, -0.2) is 9.59 Å². The molecule has 0 unspecified atom stereocenters. The summed E-state index contributed by atoms with van der Waals surface area (Å²) < 4.78 is 14.2. The molecule has 1 aliphatic rings. The first-order valence-electron chi connectivity index (χ1n) is 12.4. The Bertz CT molecular complexity index is 1600. The highest BCUT2D eigenvalue weighted by atomic mass is 16.6. The minimum atomic E-state index is -0.578. The number of furan rings is 1. The van der Waals surface area contributed by atoms with E-state index < -0.39 is 28.5 Å². The molecule has 2 aromatic heterocycles. The molecule has 0 radical (unpaired) electrons. The van der Waals surface area contributed by atoms with Crippen molar-refractivity contribution in [3.8, 4) is 22.5 Å². The lowest BCUT2D eigenvalue weighted by molar-refractivity contribution is 0.0377. The van der Waals surface area contributed by atoms with Crippen LogP contribution in [-0.2, 0) is 24.4 Å². The Labute approximate surface area is 214 Å². The fourth-order valence-corrected chi connectivity index (χ4v) is 4.96. The molecule has 0 saturated heterocycles. The smallest absolute Gasteiger partial charge is 0.408 e. The van der Waals surface area contributed by atoms with Gasteiger partial charge >= 0.3 is 11.8 Å². The lowest BCUT2D eigenvalue weighted by Crippen LogP contribution is -2.52. The molecule has 0 spiro atoms. The van der Waals surface area contributed by atoms with Crippen molar-refractivity contribution in [3.63, 3.8) is 0 Å². The molecule has 8 nitrogen and oxygen atoms in total. The van der Waals surface area contributed by atoms with Gasteiger partial charge in [0.15, 0.2) is 0 Å². The fourth-order valence-electron chi connectivity index (χ4n) is 4.96. The van der Waals surface area contributed by atoms with Crippen LogP contribution in [0.3, 0.4) is 0 Å². The molecule has 0 atom stereocenters. The summed E-state index contributed by atoms with van der Waals surface area (Å²) >= 11 is 0. The Hall–Kier alpha value is -4.07. The molecule has 1 saturated carbocycles. The first kappa shape index (κ1) is 24.6. The summed E-state index contributed by atoms with van der Waals surface area (Å²) in [4.78, 5) is 38.3. The van der Waals surface area contributed by atoms with Crippen molar-refractivity contribution in [2.75, 3.05) is 0 Å². The summed E-state index contributed by atoms with van der Waals surface area (Å²) in [6, 6.07) is 17.4. The number of carbonyl (C=O) groups excluding carboxylic acids is 1. The number of nitrogens with one attached hydrogen (secondary N) is 1. The Morgan fingerprint density at radius 2 is 1.59 bits per heavy atom. The van der Waals surface area contributed by atoms with Crippen LogP contribution in [0, 0.1) is 0 Å². The molecular formula is C29H31N3O5. The molecule has 37 heavy (non-hydrogen) atoms. The van der Waals surface area contributed by atoms with Crippen molar-refractivity contribution in [1.29, 1.82) is 0 Å². The van der Waals surface area contributed by atoms with Crippen molar-refractivity contribution in [2.45, 2.75) is 51.2 Å². The molecule has 1 N–H and O–H groups in total. The number of ether oxygens (including phenoxy) is 1. The number of alkyl carbamates (subject to hydrolysis) is 1. The lowest BCUT2D eigenvalue weighted by atomic mass is 9.71. The molecule has 8 heteroatoms. The van der Waals surface area contributed by atoms with Crippen LogP contribution in [0.2, 0.25) is 0 Å². The molecule has 192 valence electrons. The van der Waals surface area contributed by atoms with Gasteiger partial charge in [0.1, 0.15) is 16.7 Å². The van der Waals surface area contributed by atoms with Gasteiger partial charge < -0.3 is 14.5 Å². The first-order chi connectivity index (χ1) is 17.5. The van der Waals surface area contributed by atoms with Gasteiger partial charge in [-0.2, -0.15) is 0 Å². The van der Waals surface area contributed by atoms with Gasteiger partial charge in [-0.3, -0.25) is 13.9 Å². The van der Waals surface area contributed by atoms with Gasteiger partial charge in [-0.15, -0.1) is 0 Å². The Kier molecular flexibility index (Phi) is 5.85. The summed E-state index contributed by atoms with van der Waals surface area (Å²) in [5.41, 5.74) is 1.53. The van der Waals surface area contributed by atoms with Crippen LogP contribution in [-0.4, -0.2) is 20.8 Å². The van der Waals surface area contributed by atoms with E-state index in [0.29, 0.717) is 16.7 Å². The molecule has 1 aliphatic carbocycles. The maximum atomic E-state index is 13.2. The minimum absolute atomic E-state index is 0.230. The van der Waals surface area contributed by atoms with Gasteiger partial charge in [0, 0.05) is 25.2 Å². The van der Waals surface area contributed by atoms with Crippen LogP contribution in [0.5, 0.6) is 0 Å². The van der Waals surface area contributed by atoms with E-state index in [1.807, 2.05) is 75.4 Å². The lowest BCUT2D eigenvalue weighted by Gasteiger charge is -2.43. The Balaban J connectivity index is 1.61. The summed E-state index contributed by atoms with van der Waals surface area (Å²) in [5.74, 6) is 0.508. The molecule has 0 aliphatic heterocycles. The number of rotatable bonds is 4. The molecule has 5 rings (SSSR count). The van der Waals surface area contributed by atoms with E-state index in [9.17, 15) is 14.4 Å². The van der Waals surface area contributed by atoms with Crippen molar-refractivity contribution in [1.82, 2.24) is 14.5 Å². The van der Waals surface area contributed by atoms with E-state index >= 15 is 0 Å². The Morgan fingerprint density at radius 3 is 2.16 bits per heavy atom. The van der Waals surface area contributed by atoms with Crippen LogP contribution in [0.25, 0.3) is 33.6 Å². The summed E-state index contributed by atoms with van der Waals surface area (Å²) in [6.45, 7) is 5.53. The van der Waals surface area contributed by atoms with Gasteiger partial charge in [0.25, 0.3) is 5.56 Å². The maximum Gasteiger partial charge on any atom is 0.408 e. The van der Waals surface area contributed by atoms with Gasteiger partial charge in [0.05, 0.1) is 5.54 Å². The van der Waals surface area contributed by atoms with Gasteiger partial charge in [-0.1, -0.05) is 54.6 Å². The third-order valence-electron chi connectivity index (χ3n) is 7.00. The van der Waals surface area contributed by atoms with E-state index in [2.05, 4.69) is 5.32 Å². The van der Waals surface area contributed by atoms with Gasteiger partial charge in [0.2, 0.25) is 5.71 Å². The SMILES string of the molecule is Cn1c(=O)c2c(-c3ccccc3)c(-c3ccc(C4(NC(=O)OC(C)(C)C)CCC4)cc3)oc2n(C)c1=O.